The summed E-state index contributed by atoms with van der Waals surface area (Å²) in [6.07, 6.45) is 0.780. The first-order chi connectivity index (χ1) is 13.8. The van der Waals surface area contributed by atoms with Crippen molar-refractivity contribution in [2.75, 3.05) is 37.2 Å². The maximum atomic E-state index is 12.4. The number of rotatable bonds is 7. The molecule has 1 aromatic carbocycles. The molecule has 0 aromatic heterocycles. The summed E-state index contributed by atoms with van der Waals surface area (Å²) >= 11 is 0. The zero-order valence-electron chi connectivity index (χ0n) is 16.0. The maximum Gasteiger partial charge on any atom is 0.332 e. The number of benzene rings is 1. The van der Waals surface area contributed by atoms with Crippen LogP contribution in [0.25, 0.3) is 0 Å². The number of esters is 1. The summed E-state index contributed by atoms with van der Waals surface area (Å²) in [6.45, 7) is -0.0312. The van der Waals surface area contributed by atoms with Gasteiger partial charge in [0.25, 0.3) is 0 Å². The van der Waals surface area contributed by atoms with Gasteiger partial charge in [0.05, 0.1) is 25.2 Å². The van der Waals surface area contributed by atoms with Crippen LogP contribution < -0.4 is 4.90 Å². The number of carbonyl (C=O) groups excluding carboxylic acids is 2. The van der Waals surface area contributed by atoms with Crippen molar-refractivity contribution in [2.45, 2.75) is 18.1 Å². The molecule has 0 spiro atoms. The Kier molecular flexibility index (Phi) is 7.40. The van der Waals surface area contributed by atoms with Gasteiger partial charge in [-0.2, -0.15) is 0 Å². The van der Waals surface area contributed by atoms with E-state index >= 15 is 0 Å². The Morgan fingerprint density at radius 2 is 1.93 bits per heavy atom. The molecule has 0 bridgehead atoms. The molecule has 1 unspecified atom stereocenters. The number of nitrogens with zero attached hydrogens (tertiary/aromatic N) is 1. The molecule has 1 aromatic rings. The van der Waals surface area contributed by atoms with E-state index in [0.717, 1.165) is 12.0 Å². The third kappa shape index (κ3) is 5.15. The van der Waals surface area contributed by atoms with Crippen molar-refractivity contribution in [3.8, 4) is 23.7 Å². The highest BCUT2D eigenvalue weighted by Crippen LogP contribution is 2.35. The third-order valence-corrected chi connectivity index (χ3v) is 6.27. The quantitative estimate of drug-likeness (QED) is 0.368. The molecule has 1 fully saturated rings. The second kappa shape index (κ2) is 9.57. The van der Waals surface area contributed by atoms with Crippen molar-refractivity contribution in [3.63, 3.8) is 0 Å². The Morgan fingerprint density at radius 3 is 2.41 bits per heavy atom. The number of anilines is 1. The molecule has 1 saturated heterocycles. The molecule has 1 aliphatic rings. The average Bonchev–Trinajstić information content (AvgIpc) is 2.69. The first kappa shape index (κ1) is 22.4. The Bertz CT molecular complexity index is 966. The van der Waals surface area contributed by atoms with E-state index in [9.17, 15) is 18.0 Å². The van der Waals surface area contributed by atoms with Gasteiger partial charge < -0.3 is 14.6 Å². The van der Waals surface area contributed by atoms with Gasteiger partial charge in [0, 0.05) is 24.8 Å². The number of hydrogen-bond acceptors (Lipinski definition) is 7. The van der Waals surface area contributed by atoms with Crippen molar-refractivity contribution in [1.29, 1.82) is 0 Å². The van der Waals surface area contributed by atoms with Gasteiger partial charge in [0.1, 0.15) is 5.60 Å². The number of methoxy groups -OCH3 is 2. The standard InChI is InChI=1S/C20H21NO7S/c1-27-19(24)18(20(28-2)13-29(25,26)14-20)21(15-23)17-10-8-16(9-11-17)7-5-3-4-6-12-22/h8-11,15,18,22H,6,12-14H2,1-2H3. The lowest BCUT2D eigenvalue weighted by atomic mass is 9.95. The number of sulfone groups is 1. The van der Waals surface area contributed by atoms with Crippen LogP contribution in [0.5, 0.6) is 0 Å². The fourth-order valence-corrected chi connectivity index (χ4v) is 4.99. The fraction of sp³-hybridized carbons (Fsp3) is 0.400. The zero-order chi connectivity index (χ0) is 21.5. The number of aliphatic hydroxyl groups is 1. The van der Waals surface area contributed by atoms with Crippen molar-refractivity contribution in [1.82, 2.24) is 0 Å². The maximum absolute atomic E-state index is 12.4. The van der Waals surface area contributed by atoms with E-state index in [4.69, 9.17) is 14.6 Å². The lowest BCUT2D eigenvalue weighted by molar-refractivity contribution is -0.150. The van der Waals surface area contributed by atoms with Crippen LogP contribution >= 0.6 is 0 Å². The van der Waals surface area contributed by atoms with Gasteiger partial charge in [-0.05, 0) is 36.1 Å². The van der Waals surface area contributed by atoms with Gasteiger partial charge in [0.2, 0.25) is 6.41 Å². The lowest BCUT2D eigenvalue weighted by Crippen LogP contribution is -2.70. The minimum absolute atomic E-state index is 0.0312. The van der Waals surface area contributed by atoms with E-state index in [0.29, 0.717) is 24.1 Å². The second-order valence-electron chi connectivity index (χ2n) is 6.31. The molecular formula is C20H21NO7S. The molecule has 0 radical (unpaired) electrons. The predicted octanol–water partition coefficient (Wildman–Crippen LogP) is -0.258. The molecule has 9 heteroatoms. The van der Waals surface area contributed by atoms with Gasteiger partial charge in [-0.25, -0.2) is 13.2 Å². The number of amides is 1. The normalized spacial score (nSPS) is 16.7. The van der Waals surface area contributed by atoms with E-state index in [1.54, 1.807) is 24.3 Å². The monoisotopic (exact) mass is 419 g/mol. The van der Waals surface area contributed by atoms with Crippen LogP contribution in [0, 0.1) is 23.7 Å². The van der Waals surface area contributed by atoms with Gasteiger partial charge in [-0.3, -0.25) is 9.69 Å². The van der Waals surface area contributed by atoms with Gasteiger partial charge in [0.15, 0.2) is 15.9 Å². The highest BCUT2D eigenvalue weighted by molar-refractivity contribution is 7.93. The van der Waals surface area contributed by atoms with Crippen molar-refractivity contribution < 1.29 is 32.6 Å². The van der Waals surface area contributed by atoms with Crippen molar-refractivity contribution in [2.24, 2.45) is 0 Å². The molecular weight excluding hydrogens is 398 g/mol. The number of aliphatic hydroxyl groups excluding tert-OH is 1. The molecule has 2 rings (SSSR count). The molecule has 1 aliphatic heterocycles. The highest BCUT2D eigenvalue weighted by Gasteiger charge is 2.59. The minimum Gasteiger partial charge on any atom is -0.467 e. The lowest BCUT2D eigenvalue weighted by Gasteiger charge is -2.46. The summed E-state index contributed by atoms with van der Waals surface area (Å²) in [4.78, 5) is 25.4. The summed E-state index contributed by atoms with van der Waals surface area (Å²) in [5.74, 6) is 9.18. The predicted molar refractivity (Wildman–Crippen MR) is 106 cm³/mol. The molecule has 1 N–H and O–H groups in total. The average molecular weight is 419 g/mol. The molecule has 1 heterocycles. The van der Waals surface area contributed by atoms with Gasteiger partial charge in [-0.1, -0.05) is 11.8 Å². The van der Waals surface area contributed by atoms with Crippen molar-refractivity contribution in [3.05, 3.63) is 29.8 Å². The fourth-order valence-electron chi connectivity index (χ4n) is 3.04. The number of ether oxygens (including phenoxy) is 2. The molecule has 1 atom stereocenters. The smallest absolute Gasteiger partial charge is 0.332 e. The summed E-state index contributed by atoms with van der Waals surface area (Å²) in [5.41, 5.74) is -0.401. The molecule has 0 aliphatic carbocycles. The molecule has 29 heavy (non-hydrogen) atoms. The van der Waals surface area contributed by atoms with Crippen LogP contribution in [0.15, 0.2) is 24.3 Å². The Labute approximate surface area is 169 Å². The van der Waals surface area contributed by atoms with Crippen LogP contribution in [-0.4, -0.2) is 69.9 Å². The Hall–Kier alpha value is -2.85. The number of hydrogen-bond donors (Lipinski definition) is 1. The molecule has 154 valence electrons. The van der Waals surface area contributed by atoms with Crippen LogP contribution in [0.3, 0.4) is 0 Å². The third-order valence-electron chi connectivity index (χ3n) is 4.41. The topological polar surface area (TPSA) is 110 Å². The SMILES string of the molecule is COC(=O)C(N(C=O)c1ccc(C#CC#CCCO)cc1)C1(OC)CS(=O)(=O)C1. The van der Waals surface area contributed by atoms with E-state index in [1.165, 1.54) is 7.11 Å². The van der Waals surface area contributed by atoms with Gasteiger partial charge >= 0.3 is 5.97 Å². The molecule has 8 nitrogen and oxygen atoms in total. The highest BCUT2D eigenvalue weighted by atomic mass is 32.2. The van der Waals surface area contributed by atoms with Crippen LogP contribution in [-0.2, 0) is 28.9 Å². The van der Waals surface area contributed by atoms with Crippen LogP contribution in [0.2, 0.25) is 0 Å². The molecule has 1 amide bonds. The first-order valence-corrected chi connectivity index (χ1v) is 10.4. The van der Waals surface area contributed by atoms with Crippen LogP contribution in [0.4, 0.5) is 5.69 Å². The summed E-state index contributed by atoms with van der Waals surface area (Å²) in [5, 5.41) is 8.66. The van der Waals surface area contributed by atoms with Crippen LogP contribution in [0.1, 0.15) is 12.0 Å². The van der Waals surface area contributed by atoms with E-state index < -0.39 is 39.0 Å². The second-order valence-corrected chi connectivity index (χ2v) is 8.38. The summed E-state index contributed by atoms with van der Waals surface area (Å²) in [6, 6.07) is 5.16. The zero-order valence-corrected chi connectivity index (χ0v) is 16.9. The van der Waals surface area contributed by atoms with E-state index in [-0.39, 0.29) is 6.61 Å². The first-order valence-electron chi connectivity index (χ1n) is 8.59. The number of carbonyl (C=O) groups is 2. The summed E-state index contributed by atoms with van der Waals surface area (Å²) < 4.78 is 33.7. The van der Waals surface area contributed by atoms with E-state index in [1.807, 2.05) is 0 Å². The van der Waals surface area contributed by atoms with Gasteiger partial charge in [-0.15, -0.1) is 0 Å². The Balaban J connectivity index is 2.33. The largest absolute Gasteiger partial charge is 0.467 e. The molecule has 0 saturated carbocycles. The summed E-state index contributed by atoms with van der Waals surface area (Å²) in [7, 11) is -0.904. The Morgan fingerprint density at radius 1 is 1.28 bits per heavy atom. The van der Waals surface area contributed by atoms with Crippen molar-refractivity contribution >= 4 is 27.9 Å². The van der Waals surface area contributed by atoms with E-state index in [2.05, 4.69) is 23.7 Å². The minimum atomic E-state index is -3.36.